The average molecular weight is 358 g/mol. The van der Waals surface area contributed by atoms with E-state index in [4.69, 9.17) is 14.2 Å². The molecule has 0 bridgehead atoms. The highest BCUT2D eigenvalue weighted by Gasteiger charge is 2.30. The van der Waals surface area contributed by atoms with Crippen molar-refractivity contribution in [2.75, 3.05) is 14.2 Å². The minimum Gasteiger partial charge on any atom is -0.481 e. The lowest BCUT2D eigenvalue weighted by atomic mass is 9.83. The summed E-state index contributed by atoms with van der Waals surface area (Å²) in [4.78, 5) is 33.2. The minimum absolute atomic E-state index is 0.0511. The van der Waals surface area contributed by atoms with E-state index in [0.29, 0.717) is 0 Å². The number of methoxy groups -OCH3 is 2. The van der Waals surface area contributed by atoms with E-state index >= 15 is 0 Å². The van der Waals surface area contributed by atoms with Crippen LogP contribution in [-0.2, 0) is 0 Å². The van der Waals surface area contributed by atoms with Crippen LogP contribution in [0.5, 0.6) is 23.5 Å². The Labute approximate surface area is 152 Å². The number of benzene rings is 1. The number of ether oxygens (including phenoxy) is 3. The topological polar surface area (TPSA) is 87.6 Å². The number of carbonyl (C=O) groups is 2. The highest BCUT2D eigenvalue weighted by Crippen LogP contribution is 2.33. The van der Waals surface area contributed by atoms with Gasteiger partial charge in [-0.05, 0) is 13.0 Å². The van der Waals surface area contributed by atoms with Crippen LogP contribution in [-0.4, -0.2) is 35.8 Å². The smallest absolute Gasteiger partial charge is 0.328 e. The van der Waals surface area contributed by atoms with Crippen LogP contribution in [0.2, 0.25) is 0 Å². The number of carbonyl (C=O) groups excluding carboxylic acids is 2. The predicted molar refractivity (Wildman–Crippen MR) is 95.4 cm³/mol. The molecule has 0 radical (unpaired) electrons. The summed E-state index contributed by atoms with van der Waals surface area (Å²) in [5.41, 5.74) is -0.202. The molecule has 0 aliphatic rings. The van der Waals surface area contributed by atoms with E-state index in [1.165, 1.54) is 27.2 Å². The molecule has 0 saturated heterocycles. The molecule has 1 aromatic carbocycles. The van der Waals surface area contributed by atoms with Crippen molar-refractivity contribution in [2.45, 2.75) is 27.7 Å². The number of aromatic nitrogens is 2. The summed E-state index contributed by atoms with van der Waals surface area (Å²) in [6, 6.07) is 6.29. The molecule has 0 N–H and O–H groups in total. The van der Waals surface area contributed by atoms with Gasteiger partial charge >= 0.3 is 6.01 Å². The van der Waals surface area contributed by atoms with E-state index in [2.05, 4.69) is 9.97 Å². The SMILES string of the molecule is COc1cc(OC)nc(Oc2cccc(C(C)=O)c2C(=O)C(C)(C)C)n1. The van der Waals surface area contributed by atoms with Crippen molar-refractivity contribution in [2.24, 2.45) is 5.41 Å². The molecular weight excluding hydrogens is 336 g/mol. The zero-order valence-corrected chi connectivity index (χ0v) is 15.7. The van der Waals surface area contributed by atoms with Gasteiger partial charge in [-0.2, -0.15) is 9.97 Å². The Morgan fingerprint density at radius 2 is 1.58 bits per heavy atom. The quantitative estimate of drug-likeness (QED) is 0.727. The Bertz CT molecular complexity index is 818. The summed E-state index contributed by atoms with van der Waals surface area (Å²) in [5.74, 6) is 0.254. The molecule has 26 heavy (non-hydrogen) atoms. The normalized spacial score (nSPS) is 11.0. The number of ketones is 2. The van der Waals surface area contributed by atoms with E-state index in [0.717, 1.165) is 0 Å². The second-order valence-corrected chi connectivity index (χ2v) is 6.65. The highest BCUT2D eigenvalue weighted by molar-refractivity contribution is 6.11. The van der Waals surface area contributed by atoms with Gasteiger partial charge in [-0.1, -0.05) is 32.9 Å². The summed E-state index contributed by atoms with van der Waals surface area (Å²) < 4.78 is 15.9. The maximum atomic E-state index is 12.9. The van der Waals surface area contributed by atoms with Crippen LogP contribution < -0.4 is 14.2 Å². The number of hydrogen-bond donors (Lipinski definition) is 0. The molecule has 0 spiro atoms. The maximum absolute atomic E-state index is 12.9. The lowest BCUT2D eigenvalue weighted by Gasteiger charge is -2.20. The van der Waals surface area contributed by atoms with Gasteiger partial charge in [0.1, 0.15) is 5.75 Å². The molecule has 7 nitrogen and oxygen atoms in total. The zero-order valence-electron chi connectivity index (χ0n) is 15.7. The first kappa shape index (κ1) is 19.4. The molecule has 0 unspecified atom stereocenters. The zero-order chi connectivity index (χ0) is 19.5. The van der Waals surface area contributed by atoms with Gasteiger partial charge in [0.15, 0.2) is 11.6 Å². The molecule has 138 valence electrons. The number of hydrogen-bond acceptors (Lipinski definition) is 7. The summed E-state index contributed by atoms with van der Waals surface area (Å²) in [6.45, 7) is 6.74. The largest absolute Gasteiger partial charge is 0.481 e. The van der Waals surface area contributed by atoms with Crippen molar-refractivity contribution in [3.63, 3.8) is 0 Å². The third-order valence-electron chi connectivity index (χ3n) is 3.59. The molecule has 2 aromatic rings. The summed E-state index contributed by atoms with van der Waals surface area (Å²) in [6.07, 6.45) is 0. The summed E-state index contributed by atoms with van der Waals surface area (Å²) in [5, 5.41) is 0. The molecule has 0 aliphatic heterocycles. The fourth-order valence-corrected chi connectivity index (χ4v) is 2.26. The fraction of sp³-hybridized carbons (Fsp3) is 0.368. The molecule has 0 fully saturated rings. The van der Waals surface area contributed by atoms with Crippen molar-refractivity contribution in [1.82, 2.24) is 9.97 Å². The second-order valence-electron chi connectivity index (χ2n) is 6.65. The first-order valence-corrected chi connectivity index (χ1v) is 8.01. The van der Waals surface area contributed by atoms with Gasteiger partial charge in [0, 0.05) is 11.0 Å². The van der Waals surface area contributed by atoms with Gasteiger partial charge in [-0.15, -0.1) is 0 Å². The summed E-state index contributed by atoms with van der Waals surface area (Å²) in [7, 11) is 2.91. The van der Waals surface area contributed by atoms with Crippen LogP contribution >= 0.6 is 0 Å². The Morgan fingerprint density at radius 3 is 2.04 bits per heavy atom. The Kier molecular flexibility index (Phi) is 5.59. The predicted octanol–water partition coefficient (Wildman–Crippen LogP) is 3.72. The Hall–Kier alpha value is -2.96. The Morgan fingerprint density at radius 1 is 1.00 bits per heavy atom. The van der Waals surface area contributed by atoms with E-state index in [1.807, 2.05) is 0 Å². The molecule has 1 aromatic heterocycles. The van der Waals surface area contributed by atoms with Crippen LogP contribution in [0.25, 0.3) is 0 Å². The Balaban J connectivity index is 2.58. The van der Waals surface area contributed by atoms with Gasteiger partial charge in [-0.25, -0.2) is 0 Å². The molecule has 0 atom stereocenters. The molecule has 7 heteroatoms. The molecule has 0 aliphatic carbocycles. The number of rotatable bonds is 6. The third kappa shape index (κ3) is 4.17. The third-order valence-corrected chi connectivity index (χ3v) is 3.59. The van der Waals surface area contributed by atoms with Crippen molar-refractivity contribution in [3.05, 3.63) is 35.4 Å². The van der Waals surface area contributed by atoms with Crippen LogP contribution in [0, 0.1) is 5.41 Å². The number of Topliss-reactive ketones (excluding diaryl/α,β-unsaturated/α-hetero) is 2. The second kappa shape index (κ2) is 7.51. The van der Waals surface area contributed by atoms with Crippen LogP contribution in [0.4, 0.5) is 0 Å². The van der Waals surface area contributed by atoms with Crippen LogP contribution in [0.3, 0.4) is 0 Å². The van der Waals surface area contributed by atoms with E-state index in [-0.39, 0.29) is 46.2 Å². The maximum Gasteiger partial charge on any atom is 0.328 e. The first-order valence-electron chi connectivity index (χ1n) is 8.01. The molecular formula is C19H22N2O5. The van der Waals surface area contributed by atoms with Crippen molar-refractivity contribution >= 4 is 11.6 Å². The highest BCUT2D eigenvalue weighted by atomic mass is 16.5. The van der Waals surface area contributed by atoms with E-state index < -0.39 is 5.41 Å². The lowest BCUT2D eigenvalue weighted by Crippen LogP contribution is -2.23. The number of nitrogens with zero attached hydrogens (tertiary/aromatic N) is 2. The standard InChI is InChI=1S/C19H22N2O5/c1-11(22)12-8-7-9-13(16(12)17(23)19(2,3)4)26-18-20-14(24-5)10-15(21-18)25-6/h7-10H,1-6H3. The molecule has 1 heterocycles. The molecule has 0 amide bonds. The van der Waals surface area contributed by atoms with Gasteiger partial charge in [-0.3, -0.25) is 9.59 Å². The van der Waals surface area contributed by atoms with E-state index in [1.54, 1.807) is 39.0 Å². The van der Waals surface area contributed by atoms with Crippen molar-refractivity contribution in [3.8, 4) is 23.5 Å². The van der Waals surface area contributed by atoms with Crippen LogP contribution in [0.1, 0.15) is 48.4 Å². The van der Waals surface area contributed by atoms with Gasteiger partial charge in [0.2, 0.25) is 11.8 Å². The summed E-state index contributed by atoms with van der Waals surface area (Å²) >= 11 is 0. The van der Waals surface area contributed by atoms with Crippen molar-refractivity contribution in [1.29, 1.82) is 0 Å². The average Bonchev–Trinajstić information content (AvgIpc) is 2.59. The molecule has 0 saturated carbocycles. The first-order chi connectivity index (χ1) is 12.2. The van der Waals surface area contributed by atoms with Crippen LogP contribution in [0.15, 0.2) is 24.3 Å². The lowest BCUT2D eigenvalue weighted by molar-refractivity contribution is 0.0848. The fourth-order valence-electron chi connectivity index (χ4n) is 2.26. The minimum atomic E-state index is -0.698. The monoisotopic (exact) mass is 358 g/mol. The van der Waals surface area contributed by atoms with Gasteiger partial charge < -0.3 is 14.2 Å². The molecule has 2 rings (SSSR count). The van der Waals surface area contributed by atoms with Crippen molar-refractivity contribution < 1.29 is 23.8 Å². The van der Waals surface area contributed by atoms with Gasteiger partial charge in [0.25, 0.3) is 0 Å². The van der Waals surface area contributed by atoms with E-state index in [9.17, 15) is 9.59 Å². The van der Waals surface area contributed by atoms with Gasteiger partial charge in [0.05, 0.1) is 25.8 Å².